The summed E-state index contributed by atoms with van der Waals surface area (Å²) in [5.74, 6) is 3.15. The third kappa shape index (κ3) is 5.02. The van der Waals surface area contributed by atoms with Gasteiger partial charge in [0.1, 0.15) is 12.0 Å². The lowest BCUT2D eigenvalue weighted by Gasteiger charge is -2.16. The summed E-state index contributed by atoms with van der Waals surface area (Å²) in [6.07, 6.45) is 1.64. The molecule has 1 heterocycles. The van der Waals surface area contributed by atoms with Crippen molar-refractivity contribution in [2.75, 3.05) is 28.4 Å². The molecule has 2 N–H and O–H groups in total. The Labute approximate surface area is 175 Å². The number of hydrogen-bond donors (Lipinski definition) is 2. The average molecular weight is 410 g/mol. The van der Waals surface area contributed by atoms with Gasteiger partial charge in [0.25, 0.3) is 0 Å². The molecule has 0 spiro atoms. The molecule has 8 heteroatoms. The molecule has 1 aromatic heterocycles. The van der Waals surface area contributed by atoms with Gasteiger partial charge in [-0.3, -0.25) is 4.99 Å². The zero-order chi connectivity index (χ0) is 21.3. The maximum atomic E-state index is 5.57. The molecular weight excluding hydrogens is 384 g/mol. The highest BCUT2D eigenvalue weighted by molar-refractivity contribution is 5.79. The Bertz CT molecular complexity index is 986. The van der Waals surface area contributed by atoms with Crippen molar-refractivity contribution in [3.05, 3.63) is 60.0 Å². The van der Waals surface area contributed by atoms with E-state index >= 15 is 0 Å². The molecule has 0 aliphatic heterocycles. The van der Waals surface area contributed by atoms with Crippen molar-refractivity contribution >= 4 is 5.96 Å². The van der Waals surface area contributed by atoms with Crippen molar-refractivity contribution in [1.29, 1.82) is 0 Å². The van der Waals surface area contributed by atoms with Crippen LogP contribution in [0.15, 0.2) is 58.1 Å². The van der Waals surface area contributed by atoms with Crippen LogP contribution in [-0.4, -0.2) is 39.3 Å². The van der Waals surface area contributed by atoms with E-state index in [0.717, 1.165) is 16.8 Å². The Balaban J connectivity index is 1.61. The molecule has 30 heavy (non-hydrogen) atoms. The van der Waals surface area contributed by atoms with Gasteiger partial charge >= 0.3 is 0 Å². The lowest BCUT2D eigenvalue weighted by Crippen LogP contribution is -2.36. The smallest absolute Gasteiger partial charge is 0.226 e. The first kappa shape index (κ1) is 21.0. The Morgan fingerprint density at radius 2 is 1.60 bits per heavy atom. The highest BCUT2D eigenvalue weighted by Crippen LogP contribution is 2.34. The molecular formula is C22H26N4O4. The zero-order valence-electron chi connectivity index (χ0n) is 17.6. The number of nitrogens with one attached hydrogen (secondary N) is 2. The van der Waals surface area contributed by atoms with E-state index < -0.39 is 0 Å². The molecule has 0 bridgehead atoms. The van der Waals surface area contributed by atoms with E-state index in [2.05, 4.69) is 20.6 Å². The summed E-state index contributed by atoms with van der Waals surface area (Å²) in [4.78, 5) is 8.77. The highest BCUT2D eigenvalue weighted by atomic mass is 16.5. The second kappa shape index (κ2) is 10.2. The number of hydrogen-bond acceptors (Lipinski definition) is 6. The third-order valence-electron chi connectivity index (χ3n) is 4.47. The summed E-state index contributed by atoms with van der Waals surface area (Å²) in [5.41, 5.74) is 2.62. The molecule has 0 saturated carbocycles. The molecule has 0 unspecified atom stereocenters. The van der Waals surface area contributed by atoms with Crippen LogP contribution in [-0.2, 0) is 13.1 Å². The van der Waals surface area contributed by atoms with E-state index in [1.54, 1.807) is 40.7 Å². The predicted octanol–water partition coefficient (Wildman–Crippen LogP) is 3.23. The summed E-state index contributed by atoms with van der Waals surface area (Å²) in [5, 5.41) is 6.49. The lowest BCUT2D eigenvalue weighted by molar-refractivity contribution is 0.347. The largest absolute Gasteiger partial charge is 0.496 e. The van der Waals surface area contributed by atoms with Crippen LogP contribution < -0.4 is 24.8 Å². The van der Waals surface area contributed by atoms with Crippen LogP contribution in [0.1, 0.15) is 11.3 Å². The van der Waals surface area contributed by atoms with Crippen LogP contribution in [0.25, 0.3) is 11.5 Å². The second-order valence-electron chi connectivity index (χ2n) is 6.31. The molecule has 0 aliphatic carbocycles. The Kier molecular flexibility index (Phi) is 7.15. The minimum absolute atomic E-state index is 0.471. The summed E-state index contributed by atoms with van der Waals surface area (Å²) in [6, 6.07) is 13.4. The first-order valence-electron chi connectivity index (χ1n) is 9.41. The summed E-state index contributed by atoms with van der Waals surface area (Å²) >= 11 is 0. The Morgan fingerprint density at radius 1 is 0.933 bits per heavy atom. The molecule has 0 saturated heterocycles. The molecule has 0 aliphatic rings. The van der Waals surface area contributed by atoms with E-state index in [4.69, 9.17) is 18.6 Å². The number of rotatable bonds is 8. The minimum atomic E-state index is 0.471. The van der Waals surface area contributed by atoms with Gasteiger partial charge < -0.3 is 29.3 Å². The number of guanidine groups is 1. The van der Waals surface area contributed by atoms with Gasteiger partial charge in [-0.1, -0.05) is 18.2 Å². The Morgan fingerprint density at radius 3 is 2.27 bits per heavy atom. The number of aromatic nitrogens is 1. The Hall–Kier alpha value is -3.68. The van der Waals surface area contributed by atoms with E-state index in [1.807, 2.05) is 36.4 Å². The maximum Gasteiger partial charge on any atom is 0.226 e. The topological polar surface area (TPSA) is 90.1 Å². The molecule has 0 radical (unpaired) electrons. The molecule has 3 rings (SSSR count). The fourth-order valence-corrected chi connectivity index (χ4v) is 2.91. The van der Waals surface area contributed by atoms with Gasteiger partial charge in [0.15, 0.2) is 17.5 Å². The van der Waals surface area contributed by atoms with Gasteiger partial charge in [0.05, 0.1) is 33.6 Å². The van der Waals surface area contributed by atoms with Crippen LogP contribution in [0.2, 0.25) is 0 Å². The zero-order valence-corrected chi connectivity index (χ0v) is 17.6. The number of benzene rings is 2. The number of methoxy groups -OCH3 is 3. The van der Waals surface area contributed by atoms with Crippen molar-refractivity contribution in [3.8, 4) is 28.7 Å². The second-order valence-corrected chi connectivity index (χ2v) is 6.31. The molecule has 158 valence electrons. The van der Waals surface area contributed by atoms with Gasteiger partial charge in [0.2, 0.25) is 5.89 Å². The highest BCUT2D eigenvalue weighted by Gasteiger charge is 2.13. The molecule has 8 nitrogen and oxygen atoms in total. The normalized spacial score (nSPS) is 11.1. The molecule has 0 amide bonds. The summed E-state index contributed by atoms with van der Waals surface area (Å²) in [6.45, 7) is 0.955. The van der Waals surface area contributed by atoms with Crippen LogP contribution in [0.5, 0.6) is 17.2 Å². The molecule has 0 fully saturated rings. The van der Waals surface area contributed by atoms with Crippen LogP contribution in [0, 0.1) is 0 Å². The van der Waals surface area contributed by atoms with Crippen molar-refractivity contribution in [1.82, 2.24) is 15.6 Å². The van der Waals surface area contributed by atoms with Gasteiger partial charge in [-0.15, -0.1) is 0 Å². The molecule has 2 aromatic carbocycles. The van der Waals surface area contributed by atoms with Crippen molar-refractivity contribution in [3.63, 3.8) is 0 Å². The standard InChI is InChI=1S/C22H26N4O4/c1-23-22(24-12-16-10-19(28-3)20(29-4)11-18(16)27-2)25-13-17-14-30-21(26-17)15-8-6-5-7-9-15/h5-11,14H,12-13H2,1-4H3,(H2,23,24,25). The van der Waals surface area contributed by atoms with Crippen LogP contribution >= 0.6 is 0 Å². The van der Waals surface area contributed by atoms with Gasteiger partial charge in [-0.25, -0.2) is 4.98 Å². The average Bonchev–Trinajstić information content (AvgIpc) is 3.28. The number of aliphatic imine (C=N–C) groups is 1. The van der Waals surface area contributed by atoms with Gasteiger partial charge in [0, 0.05) is 30.8 Å². The van der Waals surface area contributed by atoms with Crippen LogP contribution in [0.4, 0.5) is 0 Å². The quantitative estimate of drug-likeness (QED) is 0.435. The van der Waals surface area contributed by atoms with Crippen molar-refractivity contribution < 1.29 is 18.6 Å². The lowest BCUT2D eigenvalue weighted by atomic mass is 10.1. The maximum absolute atomic E-state index is 5.57. The fraction of sp³-hybridized carbons (Fsp3) is 0.273. The monoisotopic (exact) mass is 410 g/mol. The first-order valence-corrected chi connectivity index (χ1v) is 9.41. The predicted molar refractivity (Wildman–Crippen MR) is 115 cm³/mol. The fourth-order valence-electron chi connectivity index (χ4n) is 2.91. The molecule has 3 aromatic rings. The summed E-state index contributed by atoms with van der Waals surface area (Å²) in [7, 11) is 6.52. The van der Waals surface area contributed by atoms with E-state index in [9.17, 15) is 0 Å². The van der Waals surface area contributed by atoms with Gasteiger partial charge in [-0.2, -0.15) is 0 Å². The number of nitrogens with zero attached hydrogens (tertiary/aromatic N) is 2. The van der Waals surface area contributed by atoms with Crippen molar-refractivity contribution in [2.24, 2.45) is 4.99 Å². The third-order valence-corrected chi connectivity index (χ3v) is 4.47. The van der Waals surface area contributed by atoms with E-state index in [-0.39, 0.29) is 0 Å². The number of oxazole rings is 1. The SMILES string of the molecule is CN=C(NCc1coc(-c2ccccc2)n1)NCc1cc(OC)c(OC)cc1OC. The summed E-state index contributed by atoms with van der Waals surface area (Å²) < 4.78 is 21.7. The molecule has 0 atom stereocenters. The van der Waals surface area contributed by atoms with Crippen LogP contribution in [0.3, 0.4) is 0 Å². The number of ether oxygens (including phenoxy) is 3. The van der Waals surface area contributed by atoms with E-state index in [1.165, 1.54) is 0 Å². The van der Waals surface area contributed by atoms with E-state index in [0.29, 0.717) is 42.2 Å². The van der Waals surface area contributed by atoms with Gasteiger partial charge in [-0.05, 0) is 18.2 Å². The first-order chi connectivity index (χ1) is 14.7. The minimum Gasteiger partial charge on any atom is -0.496 e. The van der Waals surface area contributed by atoms with Crippen molar-refractivity contribution in [2.45, 2.75) is 13.1 Å².